The Hall–Kier alpha value is -2.86. The van der Waals surface area contributed by atoms with Crippen molar-refractivity contribution in [3.05, 3.63) is 47.5 Å². The number of hydrogen-bond acceptors (Lipinski definition) is 4. The molecule has 0 radical (unpaired) electrons. The number of nitrogens with zero attached hydrogens (tertiary/aromatic N) is 2. The molecule has 4 N–H and O–H groups in total. The summed E-state index contributed by atoms with van der Waals surface area (Å²) >= 11 is 5.92. The van der Waals surface area contributed by atoms with Crippen molar-refractivity contribution in [2.45, 2.75) is 6.92 Å². The lowest BCUT2D eigenvalue weighted by Crippen LogP contribution is -2.05. The van der Waals surface area contributed by atoms with Crippen molar-refractivity contribution in [2.75, 3.05) is 11.1 Å². The van der Waals surface area contributed by atoms with Crippen LogP contribution in [0.4, 0.5) is 11.4 Å². The third-order valence-corrected chi connectivity index (χ3v) is 3.54. The van der Waals surface area contributed by atoms with Crippen LogP contribution < -0.4 is 11.1 Å². The first-order valence-electron chi connectivity index (χ1n) is 6.89. The highest BCUT2D eigenvalue weighted by molar-refractivity contribution is 6.33. The molecule has 0 unspecified atom stereocenters. The molecule has 1 amide bonds. The maximum atomic E-state index is 11.1. The van der Waals surface area contributed by atoms with E-state index in [0.717, 1.165) is 11.1 Å². The van der Waals surface area contributed by atoms with Crippen LogP contribution >= 0.6 is 11.6 Å². The van der Waals surface area contributed by atoms with Gasteiger partial charge in [0.1, 0.15) is 0 Å². The Morgan fingerprint density at radius 2 is 2.04 bits per heavy atom. The number of aromatic nitrogens is 3. The fraction of sp³-hybridized carbons (Fsp3) is 0.0625. The highest BCUT2D eigenvalue weighted by atomic mass is 35.5. The molecule has 3 aromatic rings. The van der Waals surface area contributed by atoms with Gasteiger partial charge in [-0.1, -0.05) is 23.7 Å². The van der Waals surface area contributed by atoms with Crippen LogP contribution in [0.3, 0.4) is 0 Å². The molecule has 1 aromatic heterocycles. The van der Waals surface area contributed by atoms with Crippen molar-refractivity contribution in [3.63, 3.8) is 0 Å². The molecule has 2 aromatic carbocycles. The van der Waals surface area contributed by atoms with E-state index in [9.17, 15) is 4.79 Å². The second-order valence-electron chi connectivity index (χ2n) is 5.01. The van der Waals surface area contributed by atoms with Gasteiger partial charge in [0, 0.05) is 23.7 Å². The molecule has 0 aliphatic heterocycles. The molecular formula is C16H14ClN5O. The number of rotatable bonds is 3. The normalized spacial score (nSPS) is 10.5. The second kappa shape index (κ2) is 6.10. The summed E-state index contributed by atoms with van der Waals surface area (Å²) in [4.78, 5) is 15.6. The fourth-order valence-corrected chi connectivity index (χ4v) is 2.27. The summed E-state index contributed by atoms with van der Waals surface area (Å²) in [6.07, 6.45) is 0. The van der Waals surface area contributed by atoms with E-state index in [0.29, 0.717) is 28.0 Å². The summed E-state index contributed by atoms with van der Waals surface area (Å²) in [5, 5.41) is 10.3. The fourth-order valence-electron chi connectivity index (χ4n) is 2.15. The molecule has 0 saturated carbocycles. The van der Waals surface area contributed by atoms with Crippen molar-refractivity contribution in [3.8, 4) is 22.8 Å². The summed E-state index contributed by atoms with van der Waals surface area (Å²) in [5.41, 5.74) is 8.57. The van der Waals surface area contributed by atoms with E-state index >= 15 is 0 Å². The predicted octanol–water partition coefficient (Wildman–Crippen LogP) is 3.33. The first-order chi connectivity index (χ1) is 11.0. The van der Waals surface area contributed by atoms with Crippen LogP contribution in [0.15, 0.2) is 42.5 Å². The van der Waals surface area contributed by atoms with Gasteiger partial charge >= 0.3 is 0 Å². The van der Waals surface area contributed by atoms with Crippen LogP contribution in [0.1, 0.15) is 6.92 Å². The van der Waals surface area contributed by atoms with Crippen LogP contribution in [0.5, 0.6) is 0 Å². The molecule has 0 spiro atoms. The summed E-state index contributed by atoms with van der Waals surface area (Å²) in [5.74, 6) is 0.989. The van der Waals surface area contributed by atoms with E-state index < -0.39 is 0 Å². The first kappa shape index (κ1) is 15.1. The Morgan fingerprint density at radius 3 is 2.78 bits per heavy atom. The third kappa shape index (κ3) is 3.32. The van der Waals surface area contributed by atoms with Crippen molar-refractivity contribution >= 4 is 28.9 Å². The van der Waals surface area contributed by atoms with Crippen molar-refractivity contribution in [1.29, 1.82) is 0 Å². The minimum Gasteiger partial charge on any atom is -0.398 e. The average Bonchev–Trinajstić information content (AvgIpc) is 2.99. The zero-order valence-electron chi connectivity index (χ0n) is 12.3. The van der Waals surface area contributed by atoms with Crippen LogP contribution in [0.2, 0.25) is 5.02 Å². The van der Waals surface area contributed by atoms with Gasteiger partial charge in [-0.3, -0.25) is 9.89 Å². The van der Waals surface area contributed by atoms with Gasteiger partial charge in [0.05, 0.1) is 10.7 Å². The number of anilines is 2. The number of amides is 1. The molecule has 0 saturated heterocycles. The lowest BCUT2D eigenvalue weighted by molar-refractivity contribution is -0.114. The standard InChI is InChI=1S/C16H14ClN5O/c1-9(23)19-12-4-2-3-10(7-12)15-20-16(22-21-15)11-5-6-13(17)14(18)8-11/h2-8H,18H2,1H3,(H,19,23)(H,20,21,22). The molecule has 0 fully saturated rings. The van der Waals surface area contributed by atoms with Crippen LogP contribution in [-0.2, 0) is 4.79 Å². The monoisotopic (exact) mass is 327 g/mol. The van der Waals surface area contributed by atoms with Gasteiger partial charge in [-0.25, -0.2) is 4.98 Å². The number of nitrogens with one attached hydrogen (secondary N) is 2. The number of halogens is 1. The SMILES string of the molecule is CC(=O)Nc1cccc(-c2n[nH]c(-c3ccc(Cl)c(N)c3)n2)c1. The highest BCUT2D eigenvalue weighted by Gasteiger charge is 2.10. The van der Waals surface area contributed by atoms with Crippen molar-refractivity contribution in [2.24, 2.45) is 0 Å². The van der Waals surface area contributed by atoms with Gasteiger partial charge in [-0.05, 0) is 30.3 Å². The molecular weight excluding hydrogens is 314 g/mol. The molecule has 116 valence electrons. The Balaban J connectivity index is 1.92. The molecule has 0 bridgehead atoms. The molecule has 6 nitrogen and oxygen atoms in total. The van der Waals surface area contributed by atoms with Gasteiger partial charge in [-0.2, -0.15) is 5.10 Å². The van der Waals surface area contributed by atoms with Gasteiger partial charge in [-0.15, -0.1) is 0 Å². The maximum absolute atomic E-state index is 11.1. The smallest absolute Gasteiger partial charge is 0.221 e. The molecule has 7 heteroatoms. The molecule has 1 heterocycles. The number of carbonyl (C=O) groups excluding carboxylic acids is 1. The van der Waals surface area contributed by atoms with E-state index in [-0.39, 0.29) is 5.91 Å². The number of benzene rings is 2. The van der Waals surface area contributed by atoms with Gasteiger partial charge in [0.2, 0.25) is 5.91 Å². The van der Waals surface area contributed by atoms with Gasteiger partial charge < -0.3 is 11.1 Å². The Labute approximate surface area is 137 Å². The zero-order chi connectivity index (χ0) is 16.4. The van der Waals surface area contributed by atoms with E-state index in [4.69, 9.17) is 17.3 Å². The minimum atomic E-state index is -0.130. The number of H-pyrrole nitrogens is 1. The number of carbonyl (C=O) groups is 1. The van der Waals surface area contributed by atoms with Gasteiger partial charge in [0.25, 0.3) is 0 Å². The molecule has 3 rings (SSSR count). The molecule has 23 heavy (non-hydrogen) atoms. The third-order valence-electron chi connectivity index (χ3n) is 3.20. The van der Waals surface area contributed by atoms with Crippen LogP contribution in [0, 0.1) is 0 Å². The number of hydrogen-bond donors (Lipinski definition) is 3. The zero-order valence-corrected chi connectivity index (χ0v) is 13.1. The van der Waals surface area contributed by atoms with Crippen molar-refractivity contribution < 1.29 is 4.79 Å². The first-order valence-corrected chi connectivity index (χ1v) is 7.26. The van der Waals surface area contributed by atoms with E-state index in [1.54, 1.807) is 18.2 Å². The Bertz CT molecular complexity index is 874. The largest absolute Gasteiger partial charge is 0.398 e. The lowest BCUT2D eigenvalue weighted by Gasteiger charge is -2.03. The Morgan fingerprint density at radius 1 is 1.22 bits per heavy atom. The summed E-state index contributed by atoms with van der Waals surface area (Å²) in [7, 11) is 0. The van der Waals surface area contributed by atoms with Crippen LogP contribution in [-0.4, -0.2) is 21.1 Å². The predicted molar refractivity (Wildman–Crippen MR) is 91.0 cm³/mol. The quantitative estimate of drug-likeness (QED) is 0.643. The summed E-state index contributed by atoms with van der Waals surface area (Å²) in [6.45, 7) is 1.46. The number of aromatic amines is 1. The maximum Gasteiger partial charge on any atom is 0.221 e. The number of nitrogen functional groups attached to an aromatic ring is 1. The van der Waals surface area contributed by atoms with E-state index in [1.165, 1.54) is 6.92 Å². The topological polar surface area (TPSA) is 96.7 Å². The Kier molecular flexibility index (Phi) is 3.99. The molecule has 0 aliphatic carbocycles. The minimum absolute atomic E-state index is 0.130. The highest BCUT2D eigenvalue weighted by Crippen LogP contribution is 2.26. The lowest BCUT2D eigenvalue weighted by atomic mass is 10.2. The van der Waals surface area contributed by atoms with E-state index in [2.05, 4.69) is 20.5 Å². The molecule has 0 atom stereocenters. The van der Waals surface area contributed by atoms with Crippen molar-refractivity contribution in [1.82, 2.24) is 15.2 Å². The number of nitrogens with two attached hydrogens (primary N) is 1. The summed E-state index contributed by atoms with van der Waals surface area (Å²) < 4.78 is 0. The second-order valence-corrected chi connectivity index (χ2v) is 5.41. The average molecular weight is 328 g/mol. The molecule has 0 aliphatic rings. The van der Waals surface area contributed by atoms with E-state index in [1.807, 2.05) is 24.3 Å². The van der Waals surface area contributed by atoms with Crippen LogP contribution in [0.25, 0.3) is 22.8 Å². The summed E-state index contributed by atoms with van der Waals surface area (Å²) in [6, 6.07) is 12.6. The van der Waals surface area contributed by atoms with Gasteiger partial charge in [0.15, 0.2) is 11.6 Å².